The summed E-state index contributed by atoms with van der Waals surface area (Å²) < 4.78 is 5.11. The van der Waals surface area contributed by atoms with Crippen LogP contribution in [0.25, 0.3) is 0 Å². The lowest BCUT2D eigenvalue weighted by atomic mass is 10.0. The van der Waals surface area contributed by atoms with Gasteiger partial charge in [-0.05, 0) is 42.5 Å². The molecule has 0 spiro atoms. The van der Waals surface area contributed by atoms with Gasteiger partial charge in [0.05, 0.1) is 18.2 Å². The molecule has 0 heterocycles. The fraction of sp³-hybridized carbons (Fsp3) is 0.278. The molecule has 0 aromatic heterocycles. The summed E-state index contributed by atoms with van der Waals surface area (Å²) in [7, 11) is 1.56. The Morgan fingerprint density at radius 2 is 1.96 bits per heavy atom. The summed E-state index contributed by atoms with van der Waals surface area (Å²) in [4.78, 5) is 12.3. The molecule has 0 bridgehead atoms. The van der Waals surface area contributed by atoms with Crippen LogP contribution in [0.4, 0.5) is 10.5 Å². The van der Waals surface area contributed by atoms with E-state index >= 15 is 0 Å². The highest BCUT2D eigenvalue weighted by Gasteiger charge is 2.33. The number of amides is 2. The van der Waals surface area contributed by atoms with Crippen molar-refractivity contribution in [3.63, 3.8) is 0 Å². The second-order valence-corrected chi connectivity index (χ2v) is 6.08. The second-order valence-electron chi connectivity index (χ2n) is 5.67. The third-order valence-electron chi connectivity index (χ3n) is 3.95. The average molecular weight is 331 g/mol. The summed E-state index contributed by atoms with van der Waals surface area (Å²) in [5.74, 6) is 1.10. The average Bonchev–Trinajstić information content (AvgIpc) is 3.38. The molecule has 23 heavy (non-hydrogen) atoms. The molecule has 0 aliphatic heterocycles. The maximum Gasteiger partial charge on any atom is 0.319 e. The fourth-order valence-corrected chi connectivity index (χ4v) is 2.87. The second kappa shape index (κ2) is 6.92. The highest BCUT2D eigenvalue weighted by Crippen LogP contribution is 2.41. The van der Waals surface area contributed by atoms with Crippen molar-refractivity contribution in [1.82, 2.24) is 5.32 Å². The van der Waals surface area contributed by atoms with Gasteiger partial charge in [0.1, 0.15) is 5.75 Å². The molecule has 1 atom stereocenters. The lowest BCUT2D eigenvalue weighted by Gasteiger charge is -2.19. The molecule has 1 aliphatic rings. The third kappa shape index (κ3) is 3.96. The van der Waals surface area contributed by atoms with E-state index in [9.17, 15) is 4.79 Å². The summed E-state index contributed by atoms with van der Waals surface area (Å²) in [6.45, 7) is 0. The zero-order valence-electron chi connectivity index (χ0n) is 12.9. The van der Waals surface area contributed by atoms with Crippen molar-refractivity contribution in [1.29, 1.82) is 0 Å². The van der Waals surface area contributed by atoms with E-state index in [0.717, 1.165) is 18.4 Å². The van der Waals surface area contributed by atoms with E-state index in [0.29, 0.717) is 22.4 Å². The number of hydrogen-bond donors (Lipinski definition) is 2. The van der Waals surface area contributed by atoms with Gasteiger partial charge in [-0.25, -0.2) is 4.79 Å². The molecule has 1 aliphatic carbocycles. The number of hydrogen-bond acceptors (Lipinski definition) is 2. The fourth-order valence-electron chi connectivity index (χ4n) is 2.62. The SMILES string of the molecule is COc1ccc(NC(=O)NC(c2ccccc2)C2CC2)cc1Cl. The maximum atomic E-state index is 12.3. The monoisotopic (exact) mass is 330 g/mol. The van der Waals surface area contributed by atoms with Crippen molar-refractivity contribution >= 4 is 23.3 Å². The molecule has 0 saturated heterocycles. The van der Waals surface area contributed by atoms with Gasteiger partial charge in [-0.15, -0.1) is 0 Å². The molecule has 1 saturated carbocycles. The Bertz CT molecular complexity index is 687. The largest absolute Gasteiger partial charge is 0.495 e. The van der Waals surface area contributed by atoms with Crippen molar-refractivity contribution in [2.45, 2.75) is 18.9 Å². The Balaban J connectivity index is 1.67. The number of urea groups is 1. The van der Waals surface area contributed by atoms with Gasteiger partial charge in [-0.3, -0.25) is 0 Å². The van der Waals surface area contributed by atoms with Gasteiger partial charge in [0, 0.05) is 5.69 Å². The summed E-state index contributed by atoms with van der Waals surface area (Å²) in [5.41, 5.74) is 1.77. The molecule has 2 N–H and O–H groups in total. The van der Waals surface area contributed by atoms with Gasteiger partial charge in [0.2, 0.25) is 0 Å². The van der Waals surface area contributed by atoms with E-state index in [1.807, 2.05) is 30.3 Å². The molecule has 2 amide bonds. The van der Waals surface area contributed by atoms with E-state index in [-0.39, 0.29) is 12.1 Å². The molecule has 5 heteroatoms. The Kier molecular flexibility index (Phi) is 4.72. The van der Waals surface area contributed by atoms with Crippen molar-refractivity contribution in [2.75, 3.05) is 12.4 Å². The Morgan fingerprint density at radius 3 is 2.57 bits per heavy atom. The van der Waals surface area contributed by atoms with Crippen LogP contribution >= 0.6 is 11.6 Å². The lowest BCUT2D eigenvalue weighted by molar-refractivity contribution is 0.247. The number of rotatable bonds is 5. The molecular formula is C18H19ClN2O2. The normalized spacial score (nSPS) is 14.9. The first-order valence-corrected chi connectivity index (χ1v) is 8.01. The number of anilines is 1. The Hall–Kier alpha value is -2.20. The van der Waals surface area contributed by atoms with Gasteiger partial charge in [-0.2, -0.15) is 0 Å². The smallest absolute Gasteiger partial charge is 0.319 e. The van der Waals surface area contributed by atoms with Crippen LogP contribution in [0.5, 0.6) is 5.75 Å². The quantitative estimate of drug-likeness (QED) is 0.840. The molecule has 3 rings (SSSR count). The number of carbonyl (C=O) groups is 1. The highest BCUT2D eigenvalue weighted by molar-refractivity contribution is 6.32. The van der Waals surface area contributed by atoms with Gasteiger partial charge < -0.3 is 15.4 Å². The minimum Gasteiger partial charge on any atom is -0.495 e. The molecule has 4 nitrogen and oxygen atoms in total. The zero-order valence-corrected chi connectivity index (χ0v) is 13.6. The van der Waals surface area contributed by atoms with Crippen LogP contribution in [0.3, 0.4) is 0 Å². The first kappa shape index (κ1) is 15.7. The number of nitrogens with one attached hydrogen (secondary N) is 2. The topological polar surface area (TPSA) is 50.4 Å². The summed E-state index contributed by atoms with van der Waals surface area (Å²) in [6, 6.07) is 15.0. The first-order chi connectivity index (χ1) is 11.2. The molecule has 120 valence electrons. The molecule has 0 radical (unpaired) electrons. The van der Waals surface area contributed by atoms with E-state index in [1.165, 1.54) is 0 Å². The van der Waals surface area contributed by atoms with Crippen LogP contribution in [0.2, 0.25) is 5.02 Å². The van der Waals surface area contributed by atoms with Crippen molar-refractivity contribution < 1.29 is 9.53 Å². The summed E-state index contributed by atoms with van der Waals surface area (Å²) in [5, 5.41) is 6.36. The minimum absolute atomic E-state index is 0.0462. The predicted molar refractivity (Wildman–Crippen MR) is 92.1 cm³/mol. The molecule has 2 aromatic rings. The summed E-state index contributed by atoms with van der Waals surface area (Å²) in [6.07, 6.45) is 2.29. The molecule has 1 unspecified atom stereocenters. The molecule has 1 fully saturated rings. The number of halogens is 1. The van der Waals surface area contributed by atoms with E-state index in [2.05, 4.69) is 10.6 Å². The van der Waals surface area contributed by atoms with Crippen molar-refractivity contribution in [3.05, 3.63) is 59.1 Å². The van der Waals surface area contributed by atoms with E-state index < -0.39 is 0 Å². The van der Waals surface area contributed by atoms with Gasteiger partial charge in [0.25, 0.3) is 0 Å². The third-order valence-corrected chi connectivity index (χ3v) is 4.24. The predicted octanol–water partition coefficient (Wildman–Crippen LogP) is 4.62. The van der Waals surface area contributed by atoms with Crippen molar-refractivity contribution in [3.8, 4) is 5.75 Å². The van der Waals surface area contributed by atoms with Gasteiger partial charge in [-0.1, -0.05) is 41.9 Å². The van der Waals surface area contributed by atoms with Crippen LogP contribution in [0, 0.1) is 5.92 Å². The first-order valence-electron chi connectivity index (χ1n) is 7.63. The number of benzene rings is 2. The van der Waals surface area contributed by atoms with Crippen LogP contribution in [0.1, 0.15) is 24.4 Å². The van der Waals surface area contributed by atoms with Gasteiger partial charge in [0.15, 0.2) is 0 Å². The maximum absolute atomic E-state index is 12.3. The Morgan fingerprint density at radius 1 is 1.22 bits per heavy atom. The van der Waals surface area contributed by atoms with Gasteiger partial charge >= 0.3 is 6.03 Å². The van der Waals surface area contributed by atoms with Crippen LogP contribution < -0.4 is 15.4 Å². The number of carbonyl (C=O) groups excluding carboxylic acids is 1. The minimum atomic E-state index is -0.230. The molecular weight excluding hydrogens is 312 g/mol. The molecule has 2 aromatic carbocycles. The number of methoxy groups -OCH3 is 1. The van der Waals surface area contributed by atoms with Crippen LogP contribution in [-0.4, -0.2) is 13.1 Å². The summed E-state index contributed by atoms with van der Waals surface area (Å²) >= 11 is 6.08. The lowest BCUT2D eigenvalue weighted by Crippen LogP contribution is -2.33. The highest BCUT2D eigenvalue weighted by atomic mass is 35.5. The Labute approximate surface area is 140 Å². The standard InChI is InChI=1S/C18H19ClN2O2/c1-23-16-10-9-14(11-15(16)19)20-18(22)21-17(13-7-8-13)12-5-3-2-4-6-12/h2-6,9-11,13,17H,7-8H2,1H3,(H2,20,21,22). The van der Waals surface area contributed by atoms with Crippen LogP contribution in [0.15, 0.2) is 48.5 Å². The number of ether oxygens (including phenoxy) is 1. The van der Waals surface area contributed by atoms with E-state index in [4.69, 9.17) is 16.3 Å². The van der Waals surface area contributed by atoms with E-state index in [1.54, 1.807) is 25.3 Å². The van der Waals surface area contributed by atoms with Crippen molar-refractivity contribution in [2.24, 2.45) is 5.92 Å². The zero-order chi connectivity index (χ0) is 16.2. The van der Waals surface area contributed by atoms with Crippen LogP contribution in [-0.2, 0) is 0 Å².